The first-order valence-electron chi connectivity index (χ1n) is 9.33. The second-order valence-corrected chi connectivity index (χ2v) is 7.57. The Hall–Kier alpha value is -1.84. The normalized spacial score (nSPS) is 21.0. The number of rotatable bonds is 7. The van der Waals surface area contributed by atoms with E-state index in [0.29, 0.717) is 18.5 Å². The average molecular weight is 371 g/mol. The Labute approximate surface area is 162 Å². The topological polar surface area (TPSA) is 32.3 Å². The van der Waals surface area contributed by atoms with Crippen molar-refractivity contribution in [1.29, 1.82) is 0 Å². The molecule has 2 saturated carbocycles. The van der Waals surface area contributed by atoms with Gasteiger partial charge in [0.15, 0.2) is 0 Å². The molecule has 0 radical (unpaired) electrons. The molecule has 138 valence electrons. The van der Waals surface area contributed by atoms with Crippen LogP contribution >= 0.6 is 12.4 Å². The van der Waals surface area contributed by atoms with Gasteiger partial charge in [-0.2, -0.15) is 0 Å². The number of nitrogens with zero attached hydrogens (tertiary/aromatic N) is 1. The quantitative estimate of drug-likeness (QED) is 0.790. The number of nitrogens with one attached hydrogen (secondary N) is 1. The molecule has 2 fully saturated rings. The molecule has 26 heavy (non-hydrogen) atoms. The van der Waals surface area contributed by atoms with E-state index in [-0.39, 0.29) is 18.3 Å². The third-order valence-corrected chi connectivity index (χ3v) is 5.35. The predicted molar refractivity (Wildman–Crippen MR) is 108 cm³/mol. The molecule has 3 nitrogen and oxygen atoms in total. The summed E-state index contributed by atoms with van der Waals surface area (Å²) < 4.78 is 0. The van der Waals surface area contributed by atoms with Crippen LogP contribution in [0.4, 0.5) is 0 Å². The van der Waals surface area contributed by atoms with Crippen LogP contribution in [0.5, 0.6) is 0 Å². The zero-order valence-electron chi connectivity index (χ0n) is 15.2. The second kappa shape index (κ2) is 8.24. The lowest BCUT2D eigenvalue weighted by atomic mass is 10.1. The molecule has 0 aromatic heterocycles. The van der Waals surface area contributed by atoms with Crippen LogP contribution in [0.1, 0.15) is 46.7 Å². The van der Waals surface area contributed by atoms with E-state index >= 15 is 0 Å². The van der Waals surface area contributed by atoms with Gasteiger partial charge in [-0.15, -0.1) is 12.4 Å². The largest absolute Gasteiger partial charge is 0.337 e. The summed E-state index contributed by atoms with van der Waals surface area (Å²) in [6.07, 6.45) is 4.03. The van der Waals surface area contributed by atoms with Crippen molar-refractivity contribution in [2.45, 2.75) is 37.8 Å². The van der Waals surface area contributed by atoms with Crippen molar-refractivity contribution >= 4 is 18.3 Å². The summed E-state index contributed by atoms with van der Waals surface area (Å²) in [4.78, 5) is 14.4. The summed E-state index contributed by atoms with van der Waals surface area (Å²) in [5.41, 5.74) is 3.28. The maximum atomic E-state index is 12.6. The number of carbonyl (C=O) groups is 1. The van der Waals surface area contributed by atoms with Gasteiger partial charge in [-0.1, -0.05) is 42.5 Å². The first-order valence-corrected chi connectivity index (χ1v) is 9.33. The van der Waals surface area contributed by atoms with E-state index in [2.05, 4.69) is 29.6 Å². The molecular weight excluding hydrogens is 344 g/mol. The zero-order valence-corrected chi connectivity index (χ0v) is 16.0. The number of carbonyl (C=O) groups excluding carboxylic acids is 1. The minimum absolute atomic E-state index is 0. The molecule has 0 aliphatic heterocycles. The Kier molecular flexibility index (Phi) is 6.00. The van der Waals surface area contributed by atoms with E-state index in [1.165, 1.54) is 31.4 Å². The van der Waals surface area contributed by atoms with Gasteiger partial charge in [-0.25, -0.2) is 0 Å². The van der Waals surface area contributed by atoms with E-state index in [0.717, 1.165) is 17.0 Å². The van der Waals surface area contributed by atoms with E-state index < -0.39 is 0 Å². The van der Waals surface area contributed by atoms with E-state index in [9.17, 15) is 4.79 Å². The minimum atomic E-state index is 0. The van der Waals surface area contributed by atoms with Crippen molar-refractivity contribution in [3.8, 4) is 0 Å². The molecule has 0 bridgehead atoms. The van der Waals surface area contributed by atoms with Gasteiger partial charge in [0.05, 0.1) is 0 Å². The molecule has 0 unspecified atom stereocenters. The molecule has 0 spiro atoms. The Bertz CT molecular complexity index is 728. The predicted octanol–water partition coefficient (Wildman–Crippen LogP) is 4.24. The lowest BCUT2D eigenvalue weighted by Gasteiger charge is -2.17. The van der Waals surface area contributed by atoms with E-state index in [1.54, 1.807) is 4.90 Å². The Balaban J connectivity index is 0.00000196. The lowest BCUT2D eigenvalue weighted by molar-refractivity contribution is 0.0785. The monoisotopic (exact) mass is 370 g/mol. The van der Waals surface area contributed by atoms with Crippen molar-refractivity contribution in [2.75, 3.05) is 13.6 Å². The molecule has 2 aromatic carbocycles. The highest BCUT2D eigenvalue weighted by Gasteiger charge is 2.38. The molecule has 0 heterocycles. The van der Waals surface area contributed by atoms with Gasteiger partial charge < -0.3 is 10.2 Å². The third kappa shape index (κ3) is 4.66. The van der Waals surface area contributed by atoms with Crippen molar-refractivity contribution in [3.05, 3.63) is 71.3 Å². The first kappa shape index (κ1) is 18.9. The van der Waals surface area contributed by atoms with Gasteiger partial charge in [-0.05, 0) is 55.0 Å². The Morgan fingerprint density at radius 3 is 2.42 bits per heavy atom. The molecule has 2 aromatic rings. The lowest BCUT2D eigenvalue weighted by Crippen LogP contribution is -2.26. The smallest absolute Gasteiger partial charge is 0.253 e. The summed E-state index contributed by atoms with van der Waals surface area (Å²) >= 11 is 0. The summed E-state index contributed by atoms with van der Waals surface area (Å²) in [6, 6.07) is 19.0. The van der Waals surface area contributed by atoms with Gasteiger partial charge in [0.2, 0.25) is 0 Å². The second-order valence-electron chi connectivity index (χ2n) is 7.57. The van der Waals surface area contributed by atoms with Crippen LogP contribution < -0.4 is 5.32 Å². The number of halogens is 1. The fourth-order valence-electron chi connectivity index (χ4n) is 3.45. The van der Waals surface area contributed by atoms with Crippen molar-refractivity contribution in [2.24, 2.45) is 5.92 Å². The maximum Gasteiger partial charge on any atom is 0.253 e. The highest BCUT2D eigenvalue weighted by molar-refractivity contribution is 5.94. The van der Waals surface area contributed by atoms with E-state index in [4.69, 9.17) is 0 Å². The van der Waals surface area contributed by atoms with Gasteiger partial charge in [0.1, 0.15) is 0 Å². The van der Waals surface area contributed by atoms with Crippen LogP contribution in [0.3, 0.4) is 0 Å². The van der Waals surface area contributed by atoms with Crippen LogP contribution in [0.25, 0.3) is 0 Å². The van der Waals surface area contributed by atoms with Crippen LogP contribution in [0.15, 0.2) is 54.6 Å². The highest BCUT2D eigenvalue weighted by Crippen LogP contribution is 2.41. The van der Waals surface area contributed by atoms with E-state index in [1.807, 2.05) is 37.4 Å². The number of amides is 1. The summed E-state index contributed by atoms with van der Waals surface area (Å²) in [5, 5.41) is 3.67. The Morgan fingerprint density at radius 2 is 1.77 bits per heavy atom. The average Bonchev–Trinajstić information content (AvgIpc) is 3.55. The van der Waals surface area contributed by atoms with Crippen LogP contribution in [-0.2, 0) is 6.54 Å². The SMILES string of the molecule is CN(Cc1ccccc1)C(=O)c1ccc([C@@H]2C[C@H]2NCC2CC2)cc1.Cl. The standard InChI is InChI=1S/C22H26N2O.ClH/c1-24(15-17-5-3-2-4-6-17)22(25)19-11-9-18(10-12-19)20-13-21(20)23-14-16-7-8-16;/h2-6,9-12,16,20-21,23H,7-8,13-15H2,1H3;1H/t20-,21+;/m0./s1. The van der Waals surface area contributed by atoms with Crippen LogP contribution in [0, 0.1) is 5.92 Å². The number of hydrogen-bond donors (Lipinski definition) is 1. The van der Waals surface area contributed by atoms with Crippen LogP contribution in [0.2, 0.25) is 0 Å². The molecule has 2 aliphatic rings. The summed E-state index contributed by atoms with van der Waals surface area (Å²) in [5.74, 6) is 1.64. The van der Waals surface area contributed by atoms with Gasteiger partial charge in [-0.3, -0.25) is 4.79 Å². The molecule has 2 atom stereocenters. The first-order chi connectivity index (χ1) is 12.2. The molecule has 4 rings (SSSR count). The molecule has 0 saturated heterocycles. The van der Waals surface area contributed by atoms with Crippen molar-refractivity contribution < 1.29 is 4.79 Å². The minimum Gasteiger partial charge on any atom is -0.337 e. The number of hydrogen-bond acceptors (Lipinski definition) is 2. The van der Waals surface area contributed by atoms with Crippen molar-refractivity contribution in [1.82, 2.24) is 10.2 Å². The number of benzene rings is 2. The molecule has 1 amide bonds. The summed E-state index contributed by atoms with van der Waals surface area (Å²) in [6.45, 7) is 1.82. The van der Waals surface area contributed by atoms with Gasteiger partial charge in [0.25, 0.3) is 5.91 Å². The maximum absolute atomic E-state index is 12.6. The fraction of sp³-hybridized carbons (Fsp3) is 0.409. The zero-order chi connectivity index (χ0) is 17.2. The molecular formula is C22H27ClN2O. The summed E-state index contributed by atoms with van der Waals surface area (Å²) in [7, 11) is 1.86. The van der Waals surface area contributed by atoms with Crippen molar-refractivity contribution in [3.63, 3.8) is 0 Å². The molecule has 4 heteroatoms. The highest BCUT2D eigenvalue weighted by atomic mass is 35.5. The Morgan fingerprint density at radius 1 is 1.08 bits per heavy atom. The third-order valence-electron chi connectivity index (χ3n) is 5.35. The molecule has 1 N–H and O–H groups in total. The van der Waals surface area contributed by atoms with Gasteiger partial charge >= 0.3 is 0 Å². The molecule has 2 aliphatic carbocycles. The van der Waals surface area contributed by atoms with Gasteiger partial charge in [0, 0.05) is 31.1 Å². The fourth-order valence-corrected chi connectivity index (χ4v) is 3.45. The van der Waals surface area contributed by atoms with Crippen LogP contribution in [-0.4, -0.2) is 30.4 Å².